The number of rotatable bonds is 3. The highest BCUT2D eigenvalue weighted by atomic mass is 14.9. The largest absolute Gasteiger partial charge is 0.384 e. The van der Waals surface area contributed by atoms with Gasteiger partial charge in [-0.25, -0.2) is 0 Å². The van der Waals surface area contributed by atoms with E-state index in [1.165, 1.54) is 23.2 Å². The summed E-state index contributed by atoms with van der Waals surface area (Å²) in [6, 6.07) is 6.80. The summed E-state index contributed by atoms with van der Waals surface area (Å²) >= 11 is 0. The summed E-state index contributed by atoms with van der Waals surface area (Å²) in [7, 11) is 0. The average molecular weight is 218 g/mol. The van der Waals surface area contributed by atoms with Crippen molar-refractivity contribution in [2.24, 2.45) is 0 Å². The molecule has 1 aromatic carbocycles. The van der Waals surface area contributed by atoms with E-state index < -0.39 is 0 Å². The molecule has 1 heterocycles. The molecule has 2 nitrogen and oxygen atoms in total. The minimum absolute atomic E-state index is 0.221. The number of hydrogen-bond donors (Lipinski definition) is 2. The summed E-state index contributed by atoms with van der Waals surface area (Å²) in [5.74, 6) is 0. The Balaban J connectivity index is 1.91. The Morgan fingerprint density at radius 2 is 2.12 bits per heavy atom. The molecule has 1 aromatic rings. The Morgan fingerprint density at radius 3 is 2.88 bits per heavy atom. The van der Waals surface area contributed by atoms with Crippen LogP contribution in [-0.4, -0.2) is 18.6 Å². The summed E-state index contributed by atoms with van der Waals surface area (Å²) in [4.78, 5) is 0. The molecule has 0 aliphatic carbocycles. The zero-order valence-electron chi connectivity index (χ0n) is 10.6. The molecular formula is C14H22N2. The summed E-state index contributed by atoms with van der Waals surface area (Å²) in [5, 5.41) is 6.91. The second-order valence-electron chi connectivity index (χ2n) is 5.60. The van der Waals surface area contributed by atoms with Gasteiger partial charge in [-0.1, -0.05) is 12.1 Å². The smallest absolute Gasteiger partial charge is 0.0373 e. The molecule has 1 aliphatic rings. The molecule has 0 radical (unpaired) electrons. The van der Waals surface area contributed by atoms with Gasteiger partial charge in [0, 0.05) is 17.8 Å². The van der Waals surface area contributed by atoms with Crippen LogP contribution < -0.4 is 10.6 Å². The van der Waals surface area contributed by atoms with Crippen molar-refractivity contribution in [1.82, 2.24) is 5.32 Å². The lowest BCUT2D eigenvalue weighted by atomic mass is 10.0. The van der Waals surface area contributed by atoms with Crippen LogP contribution in [0.1, 0.15) is 31.9 Å². The van der Waals surface area contributed by atoms with Crippen molar-refractivity contribution in [3.63, 3.8) is 0 Å². The van der Waals surface area contributed by atoms with Gasteiger partial charge in [-0.2, -0.15) is 0 Å². The molecule has 1 aliphatic heterocycles. The maximum atomic E-state index is 3.52. The summed E-state index contributed by atoms with van der Waals surface area (Å²) < 4.78 is 0. The molecule has 0 aromatic heterocycles. The summed E-state index contributed by atoms with van der Waals surface area (Å²) in [6.45, 7) is 8.77. The van der Waals surface area contributed by atoms with E-state index in [0.717, 1.165) is 19.5 Å². The lowest BCUT2D eigenvalue weighted by Crippen LogP contribution is -2.37. The summed E-state index contributed by atoms with van der Waals surface area (Å²) in [6.07, 6.45) is 2.29. The number of nitrogens with one attached hydrogen (secondary N) is 2. The highest BCUT2D eigenvalue weighted by molar-refractivity contribution is 5.56. The minimum Gasteiger partial charge on any atom is -0.384 e. The van der Waals surface area contributed by atoms with Crippen molar-refractivity contribution in [1.29, 1.82) is 0 Å². The fraction of sp³-hybridized carbons (Fsp3) is 0.571. The zero-order valence-corrected chi connectivity index (χ0v) is 10.6. The fourth-order valence-corrected chi connectivity index (χ4v) is 2.10. The third-order valence-electron chi connectivity index (χ3n) is 2.95. The van der Waals surface area contributed by atoms with Crippen molar-refractivity contribution in [3.8, 4) is 0 Å². The lowest BCUT2D eigenvalue weighted by molar-refractivity contribution is 0.429. The van der Waals surface area contributed by atoms with Gasteiger partial charge in [-0.15, -0.1) is 0 Å². The second kappa shape index (κ2) is 4.46. The van der Waals surface area contributed by atoms with Crippen molar-refractivity contribution in [2.45, 2.75) is 39.2 Å². The standard InChI is InChI=1S/C14H22N2/c1-14(2,3)16-9-6-11-4-5-13-12(10-11)7-8-15-13/h4-5,10,15-16H,6-9H2,1-3H3. The SMILES string of the molecule is CC(C)(C)NCCc1ccc2c(c1)CCN2. The van der Waals surface area contributed by atoms with Crippen LogP contribution in [0.5, 0.6) is 0 Å². The van der Waals surface area contributed by atoms with Gasteiger partial charge in [-0.3, -0.25) is 0 Å². The number of fused-ring (bicyclic) bond motifs is 1. The molecule has 2 N–H and O–H groups in total. The van der Waals surface area contributed by atoms with Crippen LogP contribution in [-0.2, 0) is 12.8 Å². The summed E-state index contributed by atoms with van der Waals surface area (Å²) in [5.41, 5.74) is 4.47. The maximum absolute atomic E-state index is 3.52. The molecule has 0 atom stereocenters. The van der Waals surface area contributed by atoms with Gasteiger partial charge in [-0.05, 0) is 57.4 Å². The maximum Gasteiger partial charge on any atom is 0.0373 e. The molecular weight excluding hydrogens is 196 g/mol. The molecule has 0 fully saturated rings. The van der Waals surface area contributed by atoms with E-state index in [4.69, 9.17) is 0 Å². The van der Waals surface area contributed by atoms with Gasteiger partial charge in [0.25, 0.3) is 0 Å². The van der Waals surface area contributed by atoms with Crippen molar-refractivity contribution in [3.05, 3.63) is 29.3 Å². The molecule has 2 rings (SSSR count). The Kier molecular flexibility index (Phi) is 3.20. The van der Waals surface area contributed by atoms with Crippen LogP contribution in [0.15, 0.2) is 18.2 Å². The van der Waals surface area contributed by atoms with Gasteiger partial charge in [0.1, 0.15) is 0 Å². The van der Waals surface area contributed by atoms with Gasteiger partial charge in [0.2, 0.25) is 0 Å². The predicted octanol–water partition coefficient (Wildman–Crippen LogP) is 2.59. The quantitative estimate of drug-likeness (QED) is 0.815. The second-order valence-corrected chi connectivity index (χ2v) is 5.60. The van der Waals surface area contributed by atoms with E-state index >= 15 is 0 Å². The van der Waals surface area contributed by atoms with Crippen LogP contribution in [0.2, 0.25) is 0 Å². The van der Waals surface area contributed by atoms with E-state index in [1.807, 2.05) is 0 Å². The molecule has 88 valence electrons. The Morgan fingerprint density at radius 1 is 1.31 bits per heavy atom. The van der Waals surface area contributed by atoms with Crippen molar-refractivity contribution in [2.75, 3.05) is 18.4 Å². The van der Waals surface area contributed by atoms with Gasteiger partial charge in [0.05, 0.1) is 0 Å². The number of anilines is 1. The van der Waals surface area contributed by atoms with E-state index in [-0.39, 0.29) is 5.54 Å². The van der Waals surface area contributed by atoms with Crippen molar-refractivity contribution < 1.29 is 0 Å². The molecule has 16 heavy (non-hydrogen) atoms. The molecule has 2 heteroatoms. The molecule has 0 spiro atoms. The van der Waals surface area contributed by atoms with Gasteiger partial charge >= 0.3 is 0 Å². The molecule has 0 saturated carbocycles. The highest BCUT2D eigenvalue weighted by Crippen LogP contribution is 2.23. The monoisotopic (exact) mass is 218 g/mol. The third kappa shape index (κ3) is 2.99. The Bertz CT molecular complexity index is 363. The first-order chi connectivity index (χ1) is 7.54. The number of benzene rings is 1. The Labute approximate surface area is 98.4 Å². The number of hydrogen-bond acceptors (Lipinski definition) is 2. The van der Waals surface area contributed by atoms with Crippen LogP contribution in [0, 0.1) is 0 Å². The minimum atomic E-state index is 0.221. The van der Waals surface area contributed by atoms with Gasteiger partial charge in [0.15, 0.2) is 0 Å². The predicted molar refractivity (Wildman–Crippen MR) is 70.1 cm³/mol. The molecule has 0 unspecified atom stereocenters. The van der Waals surface area contributed by atoms with Crippen LogP contribution in [0.25, 0.3) is 0 Å². The third-order valence-corrected chi connectivity index (χ3v) is 2.95. The normalized spacial score (nSPS) is 14.7. The van der Waals surface area contributed by atoms with Gasteiger partial charge < -0.3 is 10.6 Å². The fourth-order valence-electron chi connectivity index (χ4n) is 2.10. The van der Waals surface area contributed by atoms with E-state index in [0.29, 0.717) is 0 Å². The zero-order chi connectivity index (χ0) is 11.6. The molecule has 0 bridgehead atoms. The average Bonchev–Trinajstić information content (AvgIpc) is 2.62. The van der Waals surface area contributed by atoms with E-state index in [9.17, 15) is 0 Å². The molecule has 0 saturated heterocycles. The molecule has 0 amide bonds. The van der Waals surface area contributed by atoms with E-state index in [1.54, 1.807) is 0 Å². The van der Waals surface area contributed by atoms with Crippen molar-refractivity contribution >= 4 is 5.69 Å². The van der Waals surface area contributed by atoms with E-state index in [2.05, 4.69) is 49.6 Å². The first-order valence-electron chi connectivity index (χ1n) is 6.15. The lowest BCUT2D eigenvalue weighted by Gasteiger charge is -2.20. The van der Waals surface area contributed by atoms with Crippen LogP contribution in [0.4, 0.5) is 5.69 Å². The van der Waals surface area contributed by atoms with Crippen LogP contribution in [0.3, 0.4) is 0 Å². The Hall–Kier alpha value is -1.02. The highest BCUT2D eigenvalue weighted by Gasteiger charge is 2.11. The topological polar surface area (TPSA) is 24.1 Å². The first-order valence-corrected chi connectivity index (χ1v) is 6.15. The van der Waals surface area contributed by atoms with Crippen LogP contribution >= 0.6 is 0 Å². The first kappa shape index (κ1) is 11.5.